The van der Waals surface area contributed by atoms with Crippen molar-refractivity contribution in [2.45, 2.75) is 19.3 Å². The second kappa shape index (κ2) is 6.01. The average molecular weight is 256 g/mol. The average Bonchev–Trinajstić information content (AvgIpc) is 2.77. The van der Waals surface area contributed by atoms with Crippen LogP contribution in [0, 0.1) is 0 Å². The molecule has 2 aromatic heterocycles. The van der Waals surface area contributed by atoms with E-state index in [1.165, 1.54) is 0 Å². The maximum Gasteiger partial charge on any atom is 0.147 e. The van der Waals surface area contributed by atoms with Gasteiger partial charge in [0.15, 0.2) is 0 Å². The topological polar surface area (TPSA) is 37.8 Å². The van der Waals surface area contributed by atoms with E-state index in [4.69, 9.17) is 11.6 Å². The lowest BCUT2D eigenvalue weighted by Gasteiger charge is -2.05. The molecule has 2 rings (SSSR count). The molecule has 16 heavy (non-hydrogen) atoms. The lowest BCUT2D eigenvalue weighted by Crippen LogP contribution is -2.03. The molecule has 0 spiro atoms. The number of aromatic nitrogens is 2. The van der Waals surface area contributed by atoms with Crippen LogP contribution in [0.3, 0.4) is 0 Å². The monoisotopic (exact) mass is 255 g/mol. The van der Waals surface area contributed by atoms with Gasteiger partial charge in [-0.25, -0.2) is 9.97 Å². The molecule has 0 radical (unpaired) electrons. The predicted molar refractivity (Wildman–Crippen MR) is 70.5 cm³/mol. The molecule has 0 bridgehead atoms. The van der Waals surface area contributed by atoms with Gasteiger partial charge in [0.25, 0.3) is 0 Å². The summed E-state index contributed by atoms with van der Waals surface area (Å²) in [6, 6.07) is 2.01. The zero-order valence-corrected chi connectivity index (χ0v) is 10.5. The number of thiophene rings is 1. The van der Waals surface area contributed by atoms with Gasteiger partial charge in [-0.3, -0.25) is 0 Å². The van der Waals surface area contributed by atoms with E-state index < -0.39 is 0 Å². The number of nitrogens with one attached hydrogen (secondary N) is 1. The van der Waals surface area contributed by atoms with Gasteiger partial charge in [-0.05, 0) is 24.3 Å². The highest BCUT2D eigenvalue weighted by Crippen LogP contribution is 2.24. The largest absolute Gasteiger partial charge is 0.369 e. The fourth-order valence-corrected chi connectivity index (χ4v) is 2.52. The summed E-state index contributed by atoms with van der Waals surface area (Å²) in [5.74, 6) is 1.70. The first kappa shape index (κ1) is 11.6. The van der Waals surface area contributed by atoms with Crippen molar-refractivity contribution in [3.05, 3.63) is 17.8 Å². The molecule has 0 aliphatic carbocycles. The minimum atomic E-state index is 0.753. The van der Waals surface area contributed by atoms with Crippen molar-refractivity contribution in [2.75, 3.05) is 17.7 Å². The molecule has 3 nitrogen and oxygen atoms in total. The molecule has 1 N–H and O–H groups in total. The molecule has 0 aliphatic heterocycles. The number of unbranched alkanes of at least 4 members (excludes halogenated alkanes) is 2. The third-order valence-electron chi connectivity index (χ3n) is 2.35. The number of hydrogen-bond acceptors (Lipinski definition) is 4. The Kier molecular flexibility index (Phi) is 4.36. The van der Waals surface area contributed by atoms with Crippen molar-refractivity contribution in [3.63, 3.8) is 0 Å². The van der Waals surface area contributed by atoms with Crippen molar-refractivity contribution in [3.8, 4) is 0 Å². The predicted octanol–water partition coefficient (Wildman–Crippen LogP) is 3.51. The van der Waals surface area contributed by atoms with E-state index in [0.717, 1.165) is 47.7 Å². The minimum absolute atomic E-state index is 0.753. The highest BCUT2D eigenvalue weighted by molar-refractivity contribution is 7.17. The van der Waals surface area contributed by atoms with Crippen LogP contribution in [0.25, 0.3) is 10.2 Å². The van der Waals surface area contributed by atoms with Crippen LogP contribution in [0.1, 0.15) is 19.3 Å². The van der Waals surface area contributed by atoms with Crippen LogP contribution in [0.15, 0.2) is 17.8 Å². The van der Waals surface area contributed by atoms with Crippen LogP contribution in [-0.4, -0.2) is 22.4 Å². The fraction of sp³-hybridized carbons (Fsp3) is 0.455. The smallest absolute Gasteiger partial charge is 0.147 e. The van der Waals surface area contributed by atoms with Gasteiger partial charge in [-0.2, -0.15) is 0 Å². The molecule has 0 saturated carbocycles. The van der Waals surface area contributed by atoms with Gasteiger partial charge in [0.1, 0.15) is 12.1 Å². The van der Waals surface area contributed by atoms with Crippen molar-refractivity contribution >= 4 is 39.0 Å². The van der Waals surface area contributed by atoms with Gasteiger partial charge in [-0.1, -0.05) is 6.42 Å². The van der Waals surface area contributed by atoms with Gasteiger partial charge < -0.3 is 5.32 Å². The van der Waals surface area contributed by atoms with Crippen LogP contribution >= 0.6 is 22.9 Å². The Morgan fingerprint density at radius 3 is 3.06 bits per heavy atom. The summed E-state index contributed by atoms with van der Waals surface area (Å²) >= 11 is 7.30. The molecule has 0 atom stereocenters. The molecule has 0 fully saturated rings. The first-order valence-corrected chi connectivity index (χ1v) is 6.81. The van der Waals surface area contributed by atoms with E-state index in [-0.39, 0.29) is 0 Å². The summed E-state index contributed by atoms with van der Waals surface area (Å²) in [5.41, 5.74) is 1.02. The molecule has 86 valence electrons. The molecule has 0 aromatic carbocycles. The molecule has 2 heterocycles. The zero-order valence-electron chi connectivity index (χ0n) is 8.95. The number of hydrogen-bond donors (Lipinski definition) is 1. The van der Waals surface area contributed by atoms with E-state index in [0.29, 0.717) is 0 Å². The van der Waals surface area contributed by atoms with Crippen molar-refractivity contribution < 1.29 is 0 Å². The molecular formula is C11H14ClN3S. The van der Waals surface area contributed by atoms with E-state index >= 15 is 0 Å². The summed E-state index contributed by atoms with van der Waals surface area (Å²) in [6.07, 6.45) is 4.98. The third kappa shape index (κ3) is 2.83. The van der Waals surface area contributed by atoms with Crippen LogP contribution in [0.2, 0.25) is 0 Å². The Bertz CT molecular complexity index is 443. The summed E-state index contributed by atoms with van der Waals surface area (Å²) < 4.78 is 1.14. The van der Waals surface area contributed by atoms with Gasteiger partial charge in [0, 0.05) is 12.4 Å². The summed E-state index contributed by atoms with van der Waals surface area (Å²) in [4.78, 5) is 8.46. The number of alkyl halides is 1. The van der Waals surface area contributed by atoms with E-state index in [9.17, 15) is 0 Å². The van der Waals surface area contributed by atoms with Crippen LogP contribution < -0.4 is 5.32 Å². The number of nitrogens with zero attached hydrogens (tertiary/aromatic N) is 2. The maximum absolute atomic E-state index is 5.62. The van der Waals surface area contributed by atoms with Crippen LogP contribution in [-0.2, 0) is 0 Å². The second-order valence-corrected chi connectivity index (χ2v) is 4.83. The third-order valence-corrected chi connectivity index (χ3v) is 3.52. The Hall–Kier alpha value is -0.870. The van der Waals surface area contributed by atoms with Crippen molar-refractivity contribution in [1.29, 1.82) is 0 Å². The van der Waals surface area contributed by atoms with E-state index in [1.807, 2.05) is 11.4 Å². The number of fused-ring (bicyclic) bond motifs is 1. The Labute approximate surface area is 104 Å². The minimum Gasteiger partial charge on any atom is -0.369 e. The maximum atomic E-state index is 5.62. The van der Waals surface area contributed by atoms with E-state index in [2.05, 4.69) is 15.3 Å². The van der Waals surface area contributed by atoms with Gasteiger partial charge in [0.2, 0.25) is 0 Å². The highest BCUT2D eigenvalue weighted by Gasteiger charge is 2.03. The lowest BCUT2D eigenvalue weighted by molar-refractivity contribution is 0.746. The van der Waals surface area contributed by atoms with Crippen molar-refractivity contribution in [1.82, 2.24) is 9.97 Å². The quantitative estimate of drug-likeness (QED) is 0.634. The normalized spacial score (nSPS) is 10.8. The Morgan fingerprint density at radius 2 is 2.19 bits per heavy atom. The number of anilines is 1. The van der Waals surface area contributed by atoms with E-state index in [1.54, 1.807) is 17.7 Å². The molecule has 0 amide bonds. The standard InChI is InChI=1S/C11H14ClN3S/c12-5-2-1-3-6-13-11-10-9(4-7-16-10)14-8-15-11/h4,7-8H,1-3,5-6H2,(H,13,14,15). The summed E-state index contributed by atoms with van der Waals surface area (Å²) in [6.45, 7) is 0.945. The first-order chi connectivity index (χ1) is 7.92. The lowest BCUT2D eigenvalue weighted by atomic mass is 10.2. The molecule has 0 saturated heterocycles. The SMILES string of the molecule is ClCCCCCNc1ncnc2ccsc12. The number of rotatable bonds is 6. The first-order valence-electron chi connectivity index (χ1n) is 5.40. The molecule has 5 heteroatoms. The highest BCUT2D eigenvalue weighted by atomic mass is 35.5. The van der Waals surface area contributed by atoms with Gasteiger partial charge in [0.05, 0.1) is 10.2 Å². The van der Waals surface area contributed by atoms with Gasteiger partial charge >= 0.3 is 0 Å². The molecule has 2 aromatic rings. The molecule has 0 unspecified atom stereocenters. The zero-order chi connectivity index (χ0) is 11.2. The van der Waals surface area contributed by atoms with Crippen LogP contribution in [0.4, 0.5) is 5.82 Å². The number of halogens is 1. The molecular weight excluding hydrogens is 242 g/mol. The Balaban J connectivity index is 1.91. The molecule has 0 aliphatic rings. The summed E-state index contributed by atoms with van der Waals surface area (Å²) in [7, 11) is 0. The summed E-state index contributed by atoms with van der Waals surface area (Å²) in [5, 5.41) is 5.39. The van der Waals surface area contributed by atoms with Gasteiger partial charge in [-0.15, -0.1) is 22.9 Å². The second-order valence-electron chi connectivity index (χ2n) is 3.53. The van der Waals surface area contributed by atoms with Crippen LogP contribution in [0.5, 0.6) is 0 Å². The van der Waals surface area contributed by atoms with Crippen molar-refractivity contribution in [2.24, 2.45) is 0 Å². The fourth-order valence-electron chi connectivity index (χ4n) is 1.52. The Morgan fingerprint density at radius 1 is 1.25 bits per heavy atom.